The molecule has 0 aromatic heterocycles. The average molecular weight is 212 g/mol. The van der Waals surface area contributed by atoms with E-state index in [0.29, 0.717) is 5.92 Å². The number of hydrogen-bond acceptors (Lipinski definition) is 0. The fourth-order valence-electron chi connectivity index (χ4n) is 1.78. The average Bonchev–Trinajstić information content (AvgIpc) is 3.08. The first-order valence-electron chi connectivity index (χ1n) is 5.89. The van der Waals surface area contributed by atoms with E-state index in [9.17, 15) is 0 Å². The van der Waals surface area contributed by atoms with Gasteiger partial charge in [-0.2, -0.15) is 0 Å². The van der Waals surface area contributed by atoms with E-state index in [-0.39, 0.29) is 0 Å². The monoisotopic (exact) mass is 212 g/mol. The molecule has 0 aliphatic heterocycles. The van der Waals surface area contributed by atoms with Crippen LogP contribution < -0.4 is 0 Å². The van der Waals surface area contributed by atoms with Gasteiger partial charge < -0.3 is 0 Å². The zero-order valence-electron chi connectivity index (χ0n) is 10.0. The summed E-state index contributed by atoms with van der Waals surface area (Å²) in [5.41, 5.74) is 1.18. The molecule has 1 aliphatic carbocycles. The van der Waals surface area contributed by atoms with E-state index < -0.39 is 0 Å². The van der Waals surface area contributed by atoms with Crippen LogP contribution in [-0.4, -0.2) is 0 Å². The topological polar surface area (TPSA) is 0 Å². The highest BCUT2D eigenvalue weighted by Gasteiger charge is 2.28. The van der Waals surface area contributed by atoms with E-state index in [1.54, 1.807) is 0 Å². The molecule has 0 nitrogen and oxygen atoms in total. The highest BCUT2D eigenvalue weighted by atomic mass is 14.3. The Labute approximate surface area is 99.4 Å². The van der Waals surface area contributed by atoms with E-state index in [4.69, 9.17) is 6.42 Å². The third kappa shape index (κ3) is 4.36. The molecular formula is C16H20. The lowest BCUT2D eigenvalue weighted by Gasteiger charge is -2.06. The van der Waals surface area contributed by atoms with Crippen LogP contribution >= 0.6 is 0 Å². The van der Waals surface area contributed by atoms with Gasteiger partial charge in [0, 0.05) is 6.42 Å². The summed E-state index contributed by atoms with van der Waals surface area (Å²) < 4.78 is 0. The lowest BCUT2D eigenvalue weighted by molar-refractivity contribution is 0.585. The Morgan fingerprint density at radius 2 is 2.25 bits per heavy atom. The van der Waals surface area contributed by atoms with Gasteiger partial charge in [-0.1, -0.05) is 43.0 Å². The van der Waals surface area contributed by atoms with Crippen LogP contribution in [0.25, 0.3) is 0 Å². The Bertz CT molecular complexity index is 343. The summed E-state index contributed by atoms with van der Waals surface area (Å²) in [4.78, 5) is 0. The molecule has 1 aliphatic rings. The number of allylic oxidation sites excluding steroid dienone is 7. The molecule has 1 unspecified atom stereocenters. The van der Waals surface area contributed by atoms with Crippen molar-refractivity contribution in [3.8, 4) is 12.3 Å². The third-order valence-corrected chi connectivity index (χ3v) is 2.79. The first-order chi connectivity index (χ1) is 7.81. The van der Waals surface area contributed by atoms with Crippen LogP contribution in [0.15, 0.2) is 48.6 Å². The lowest BCUT2D eigenvalue weighted by atomic mass is 9.98. The second-order valence-corrected chi connectivity index (χ2v) is 4.17. The highest BCUT2D eigenvalue weighted by Crippen LogP contribution is 2.39. The molecule has 1 fully saturated rings. The predicted octanol–water partition coefficient (Wildman–Crippen LogP) is 4.28. The molecule has 0 saturated heterocycles. The van der Waals surface area contributed by atoms with Gasteiger partial charge in [0.1, 0.15) is 0 Å². The summed E-state index contributed by atoms with van der Waals surface area (Å²) in [5.74, 6) is 4.15. The normalized spacial score (nSPS) is 18.9. The molecule has 1 atom stereocenters. The molecule has 0 aromatic carbocycles. The van der Waals surface area contributed by atoms with Crippen molar-refractivity contribution in [1.29, 1.82) is 0 Å². The molecule has 1 saturated carbocycles. The molecule has 0 radical (unpaired) electrons. The molecule has 16 heavy (non-hydrogen) atoms. The predicted molar refractivity (Wildman–Crippen MR) is 71.9 cm³/mol. The molecule has 0 N–H and O–H groups in total. The minimum Gasteiger partial charge on any atom is -0.120 e. The zero-order chi connectivity index (χ0) is 11.8. The van der Waals surface area contributed by atoms with Crippen molar-refractivity contribution in [2.75, 3.05) is 0 Å². The number of terminal acetylenes is 1. The Morgan fingerprint density at radius 3 is 2.75 bits per heavy atom. The van der Waals surface area contributed by atoms with Gasteiger partial charge in [0.2, 0.25) is 0 Å². The van der Waals surface area contributed by atoms with E-state index in [1.165, 1.54) is 18.4 Å². The summed E-state index contributed by atoms with van der Waals surface area (Å²) in [6.07, 6.45) is 21.3. The summed E-state index contributed by atoms with van der Waals surface area (Å²) in [6.45, 7) is 5.74. The molecule has 84 valence electrons. The molecule has 1 rings (SSSR count). The van der Waals surface area contributed by atoms with Crippen LogP contribution in [0.3, 0.4) is 0 Å². The zero-order valence-corrected chi connectivity index (χ0v) is 10.0. The fourth-order valence-corrected chi connectivity index (χ4v) is 1.78. The van der Waals surface area contributed by atoms with Gasteiger partial charge in [0.25, 0.3) is 0 Å². The molecule has 0 aromatic rings. The van der Waals surface area contributed by atoms with Gasteiger partial charge >= 0.3 is 0 Å². The second kappa shape index (κ2) is 6.90. The maximum atomic E-state index is 5.39. The van der Waals surface area contributed by atoms with Gasteiger partial charge in [-0.25, -0.2) is 0 Å². The van der Waals surface area contributed by atoms with Crippen LogP contribution in [0.5, 0.6) is 0 Å². The van der Waals surface area contributed by atoms with Crippen molar-refractivity contribution < 1.29 is 0 Å². The van der Waals surface area contributed by atoms with Crippen LogP contribution in [0, 0.1) is 24.2 Å². The largest absolute Gasteiger partial charge is 0.120 e. The van der Waals surface area contributed by atoms with E-state index in [2.05, 4.69) is 30.7 Å². The fraction of sp³-hybridized carbons (Fsp3) is 0.375. The molecule has 0 heteroatoms. The van der Waals surface area contributed by atoms with Crippen molar-refractivity contribution >= 4 is 0 Å². The Balaban J connectivity index is 2.63. The van der Waals surface area contributed by atoms with Crippen molar-refractivity contribution in [3.05, 3.63) is 48.6 Å². The van der Waals surface area contributed by atoms with Crippen LogP contribution in [0.4, 0.5) is 0 Å². The quantitative estimate of drug-likeness (QED) is 0.455. The standard InChI is InChI=1S/C16H20/c1-4-7-14(8-5-2)10-11-15(9-6-3)16-12-13-16/h3-5,7-8,10-11,15-16H,1,9,12-13H2,2H3/b8-5-,11-10+,14-7+. The van der Waals surface area contributed by atoms with Crippen LogP contribution in [0.1, 0.15) is 26.2 Å². The Hall–Kier alpha value is -1.48. The minimum absolute atomic E-state index is 0.559. The van der Waals surface area contributed by atoms with Gasteiger partial charge in [-0.05, 0) is 37.2 Å². The summed E-state index contributed by atoms with van der Waals surface area (Å²) in [6, 6.07) is 0. The minimum atomic E-state index is 0.559. The summed E-state index contributed by atoms with van der Waals surface area (Å²) in [5, 5.41) is 0. The third-order valence-electron chi connectivity index (χ3n) is 2.79. The second-order valence-electron chi connectivity index (χ2n) is 4.17. The Kier molecular flexibility index (Phi) is 5.43. The number of hydrogen-bond donors (Lipinski definition) is 0. The SMILES string of the molecule is C#CCC(/C=C/C(/C=C\C)=C/C=C)C1CC1. The van der Waals surface area contributed by atoms with Gasteiger partial charge in [0.15, 0.2) is 0 Å². The van der Waals surface area contributed by atoms with E-state index in [1.807, 2.05) is 25.2 Å². The first kappa shape index (κ1) is 12.6. The van der Waals surface area contributed by atoms with Gasteiger partial charge in [0.05, 0.1) is 0 Å². The van der Waals surface area contributed by atoms with Gasteiger partial charge in [-0.15, -0.1) is 12.3 Å². The first-order valence-corrected chi connectivity index (χ1v) is 5.89. The molecular weight excluding hydrogens is 192 g/mol. The van der Waals surface area contributed by atoms with E-state index >= 15 is 0 Å². The number of rotatable bonds is 6. The summed E-state index contributed by atoms with van der Waals surface area (Å²) in [7, 11) is 0. The maximum absolute atomic E-state index is 5.39. The highest BCUT2D eigenvalue weighted by molar-refractivity contribution is 5.33. The van der Waals surface area contributed by atoms with Gasteiger partial charge in [-0.3, -0.25) is 0 Å². The molecule has 0 bridgehead atoms. The Morgan fingerprint density at radius 1 is 1.50 bits per heavy atom. The maximum Gasteiger partial charge on any atom is 0.0152 e. The molecule has 0 heterocycles. The lowest BCUT2D eigenvalue weighted by Crippen LogP contribution is -1.97. The van der Waals surface area contributed by atoms with Crippen molar-refractivity contribution in [2.45, 2.75) is 26.2 Å². The molecule has 0 amide bonds. The smallest absolute Gasteiger partial charge is 0.0152 e. The summed E-state index contributed by atoms with van der Waals surface area (Å²) >= 11 is 0. The van der Waals surface area contributed by atoms with E-state index in [0.717, 1.165) is 12.3 Å². The van der Waals surface area contributed by atoms with Crippen molar-refractivity contribution in [3.63, 3.8) is 0 Å². The van der Waals surface area contributed by atoms with Crippen LogP contribution in [-0.2, 0) is 0 Å². The van der Waals surface area contributed by atoms with Crippen molar-refractivity contribution in [2.24, 2.45) is 11.8 Å². The van der Waals surface area contributed by atoms with Crippen LogP contribution in [0.2, 0.25) is 0 Å². The van der Waals surface area contributed by atoms with Crippen molar-refractivity contribution in [1.82, 2.24) is 0 Å². The molecule has 0 spiro atoms.